The van der Waals surface area contributed by atoms with Crippen molar-refractivity contribution in [3.8, 4) is 0 Å². The lowest BCUT2D eigenvalue weighted by molar-refractivity contribution is -0.255. The quantitative estimate of drug-likeness (QED) is 0.279. The molecule has 6 aliphatic rings. The fraction of sp³-hybridized carbons (Fsp3) is 0.889. The second kappa shape index (κ2) is 8.70. The van der Waals surface area contributed by atoms with Crippen LogP contribution >= 0.6 is 0 Å². The summed E-state index contributed by atoms with van der Waals surface area (Å²) in [6.45, 7) is 22.9. The Balaban J connectivity index is 1.40. The molecule has 1 heterocycles. The average molecular weight is 553 g/mol. The Labute approximate surface area is 243 Å². The van der Waals surface area contributed by atoms with Gasteiger partial charge in [0, 0.05) is 11.8 Å². The van der Waals surface area contributed by atoms with E-state index in [0.29, 0.717) is 36.0 Å². The lowest BCUT2D eigenvalue weighted by atomic mass is 9.32. The molecule has 4 heteroatoms. The van der Waals surface area contributed by atoms with Crippen LogP contribution < -0.4 is 0 Å². The van der Waals surface area contributed by atoms with E-state index in [4.69, 9.17) is 4.74 Å². The maximum absolute atomic E-state index is 13.8. The molecular formula is C36H56O4. The van der Waals surface area contributed by atoms with E-state index < -0.39 is 11.5 Å². The van der Waals surface area contributed by atoms with E-state index in [2.05, 4.69) is 48.1 Å². The molecule has 6 rings (SSSR count). The van der Waals surface area contributed by atoms with Crippen LogP contribution in [0.15, 0.2) is 12.2 Å². The summed E-state index contributed by atoms with van der Waals surface area (Å²) in [6, 6.07) is 0. The number of carbonyl (C=O) groups excluding carboxylic acids is 2. The summed E-state index contributed by atoms with van der Waals surface area (Å²) in [7, 11) is 0. The zero-order chi connectivity index (χ0) is 29.3. The molecular weight excluding hydrogens is 496 g/mol. The van der Waals surface area contributed by atoms with Crippen LogP contribution in [0.5, 0.6) is 0 Å². The number of rotatable bonds is 2. The minimum atomic E-state index is -0.726. The van der Waals surface area contributed by atoms with Crippen LogP contribution in [0.25, 0.3) is 0 Å². The summed E-state index contributed by atoms with van der Waals surface area (Å²) in [6.07, 6.45) is 10.5. The van der Waals surface area contributed by atoms with Gasteiger partial charge in [-0.15, -0.1) is 0 Å². The van der Waals surface area contributed by atoms with Crippen LogP contribution in [0.1, 0.15) is 126 Å². The van der Waals surface area contributed by atoms with Crippen molar-refractivity contribution in [2.45, 2.75) is 138 Å². The van der Waals surface area contributed by atoms with Crippen molar-refractivity contribution in [3.63, 3.8) is 0 Å². The van der Waals surface area contributed by atoms with E-state index in [1.165, 1.54) is 31.3 Å². The number of hydrogen-bond donors (Lipinski definition) is 1. The molecule has 1 saturated heterocycles. The number of ether oxygens (including phenoxy) is 1. The lowest BCUT2D eigenvalue weighted by Crippen LogP contribution is -2.68. The number of carbonyl (C=O) groups is 2. The number of hydrogen-bond acceptors (Lipinski definition) is 4. The number of fused-ring (bicyclic) bond motifs is 7. The third-order valence-electron chi connectivity index (χ3n) is 15.3. The third kappa shape index (κ3) is 3.47. The van der Waals surface area contributed by atoms with Gasteiger partial charge in [0.25, 0.3) is 0 Å². The molecule has 6 fully saturated rings. The molecule has 1 unspecified atom stereocenters. The van der Waals surface area contributed by atoms with Crippen LogP contribution in [-0.4, -0.2) is 29.1 Å². The highest BCUT2D eigenvalue weighted by atomic mass is 16.6. The molecule has 0 spiro atoms. The minimum absolute atomic E-state index is 0.0384. The summed E-state index contributed by atoms with van der Waals surface area (Å²) in [4.78, 5) is 26.9. The van der Waals surface area contributed by atoms with E-state index in [1.807, 2.05) is 13.8 Å². The van der Waals surface area contributed by atoms with Gasteiger partial charge in [-0.2, -0.15) is 0 Å². The van der Waals surface area contributed by atoms with Crippen LogP contribution in [0.4, 0.5) is 0 Å². The SMILES string of the molecule is C=C(C)[C@@H]1CC[C@]2(C3OC(=O)C(C)(C)CC3=O)CC[C@]3(C)[C@H](CC[C@@H]4[C@@]5(C)CC[C@H](O)C(C)(C)[C@@H]5CC[C@]43C)[C@@H]12. The van der Waals surface area contributed by atoms with Crippen LogP contribution in [0.3, 0.4) is 0 Å². The van der Waals surface area contributed by atoms with E-state index in [1.54, 1.807) is 0 Å². The molecule has 0 aromatic rings. The molecule has 224 valence electrons. The maximum atomic E-state index is 13.8. The van der Waals surface area contributed by atoms with Gasteiger partial charge in [0.1, 0.15) is 0 Å². The molecule has 5 saturated carbocycles. The molecule has 0 bridgehead atoms. The smallest absolute Gasteiger partial charge is 0.312 e. The first-order valence-electron chi connectivity index (χ1n) is 16.5. The Kier molecular flexibility index (Phi) is 6.29. The number of Topliss-reactive ketones (excluding diaryl/α,β-unsaturated/α-hetero) is 1. The van der Waals surface area contributed by atoms with Crippen LogP contribution in [-0.2, 0) is 14.3 Å². The third-order valence-corrected chi connectivity index (χ3v) is 15.3. The number of aliphatic hydroxyl groups is 1. The molecule has 0 aromatic carbocycles. The number of cyclic esters (lactones) is 1. The predicted octanol–water partition coefficient (Wildman–Crippen LogP) is 7.92. The zero-order valence-electron chi connectivity index (χ0n) is 26.7. The average Bonchev–Trinajstić information content (AvgIpc) is 3.25. The van der Waals surface area contributed by atoms with E-state index >= 15 is 0 Å². The van der Waals surface area contributed by atoms with Crippen molar-refractivity contribution in [1.29, 1.82) is 0 Å². The molecule has 5 aliphatic carbocycles. The van der Waals surface area contributed by atoms with Gasteiger partial charge in [-0.3, -0.25) is 9.59 Å². The molecule has 1 N–H and O–H groups in total. The van der Waals surface area contributed by atoms with Gasteiger partial charge in [0.2, 0.25) is 0 Å². The number of aliphatic hydroxyl groups excluding tert-OH is 1. The van der Waals surface area contributed by atoms with Crippen molar-refractivity contribution in [1.82, 2.24) is 0 Å². The molecule has 0 radical (unpaired) electrons. The van der Waals surface area contributed by atoms with Crippen molar-refractivity contribution in [2.24, 2.45) is 62.1 Å². The molecule has 4 nitrogen and oxygen atoms in total. The number of allylic oxidation sites excluding steroid dienone is 1. The highest BCUT2D eigenvalue weighted by Gasteiger charge is 2.72. The summed E-state index contributed by atoms with van der Waals surface area (Å²) in [5, 5.41) is 11.0. The highest BCUT2D eigenvalue weighted by Crippen LogP contribution is 2.78. The standard InChI is InChI=1S/C36H56O4/c1-21(2)22-12-17-36(29-24(37)20-31(3,4)30(39)40-29)19-18-34(8)23(28(22)36)10-11-26-33(7)15-14-27(38)32(5,6)25(33)13-16-35(26,34)9/h22-23,25-29,38H,1,10-20H2,2-9H3/t22-,23+,25-,26+,27-,28+,29?,33-,34+,35+,36-/m0/s1. The topological polar surface area (TPSA) is 63.6 Å². The predicted molar refractivity (Wildman–Crippen MR) is 158 cm³/mol. The maximum Gasteiger partial charge on any atom is 0.312 e. The summed E-state index contributed by atoms with van der Waals surface area (Å²) >= 11 is 0. The van der Waals surface area contributed by atoms with Crippen LogP contribution in [0.2, 0.25) is 0 Å². The van der Waals surface area contributed by atoms with Gasteiger partial charge in [-0.05, 0) is 136 Å². The van der Waals surface area contributed by atoms with Crippen LogP contribution in [0, 0.1) is 62.1 Å². The molecule has 0 aromatic heterocycles. The van der Waals surface area contributed by atoms with Crippen molar-refractivity contribution in [3.05, 3.63) is 12.2 Å². The van der Waals surface area contributed by atoms with Crippen molar-refractivity contribution in [2.75, 3.05) is 0 Å². The van der Waals surface area contributed by atoms with E-state index in [0.717, 1.165) is 38.5 Å². The largest absolute Gasteiger partial charge is 0.453 e. The second-order valence-corrected chi connectivity index (χ2v) is 17.6. The fourth-order valence-corrected chi connectivity index (χ4v) is 13.0. The number of esters is 1. The zero-order valence-corrected chi connectivity index (χ0v) is 26.7. The Morgan fingerprint density at radius 3 is 2.20 bits per heavy atom. The lowest BCUT2D eigenvalue weighted by Gasteiger charge is -2.73. The Morgan fingerprint density at radius 1 is 0.825 bits per heavy atom. The molecule has 1 aliphatic heterocycles. The monoisotopic (exact) mass is 552 g/mol. The normalized spacial score (nSPS) is 53.0. The van der Waals surface area contributed by atoms with Gasteiger partial charge in [-0.1, -0.05) is 46.8 Å². The van der Waals surface area contributed by atoms with Crippen molar-refractivity contribution < 1.29 is 19.4 Å². The molecule has 0 amide bonds. The van der Waals surface area contributed by atoms with Gasteiger partial charge < -0.3 is 9.84 Å². The fourth-order valence-electron chi connectivity index (χ4n) is 13.0. The first kappa shape index (κ1) is 28.9. The minimum Gasteiger partial charge on any atom is -0.453 e. The Hall–Kier alpha value is -1.16. The number of ketones is 1. The summed E-state index contributed by atoms with van der Waals surface area (Å²) in [5.74, 6) is 2.41. The van der Waals surface area contributed by atoms with Crippen molar-refractivity contribution >= 4 is 11.8 Å². The first-order valence-corrected chi connectivity index (χ1v) is 16.5. The first-order chi connectivity index (χ1) is 18.5. The van der Waals surface area contributed by atoms with Gasteiger partial charge in [0.05, 0.1) is 11.5 Å². The van der Waals surface area contributed by atoms with E-state index in [-0.39, 0.29) is 44.9 Å². The van der Waals surface area contributed by atoms with Gasteiger partial charge in [-0.25, -0.2) is 0 Å². The Morgan fingerprint density at radius 2 is 1.52 bits per heavy atom. The second-order valence-electron chi connectivity index (χ2n) is 17.6. The highest BCUT2D eigenvalue weighted by molar-refractivity contribution is 5.95. The molecule has 40 heavy (non-hydrogen) atoms. The summed E-state index contributed by atoms with van der Waals surface area (Å²) in [5.41, 5.74) is 0.887. The van der Waals surface area contributed by atoms with Gasteiger partial charge in [0.15, 0.2) is 11.9 Å². The molecule has 11 atom stereocenters. The van der Waals surface area contributed by atoms with E-state index in [9.17, 15) is 14.7 Å². The van der Waals surface area contributed by atoms with Gasteiger partial charge >= 0.3 is 5.97 Å². The summed E-state index contributed by atoms with van der Waals surface area (Å²) < 4.78 is 6.21. The Bertz CT molecular complexity index is 1120.